The highest BCUT2D eigenvalue weighted by atomic mass is 79.9. The molecule has 4 nitrogen and oxygen atoms in total. The van der Waals surface area contributed by atoms with Crippen molar-refractivity contribution in [3.05, 3.63) is 123 Å². The van der Waals surface area contributed by atoms with Crippen LogP contribution in [0.1, 0.15) is 34.7 Å². The molecule has 1 unspecified atom stereocenters. The fraction of sp³-hybridized carbons (Fsp3) is 0.111. The molecule has 4 aromatic rings. The Kier molecular flexibility index (Phi) is 5.43. The van der Waals surface area contributed by atoms with Crippen LogP contribution in [0.15, 0.2) is 91.0 Å². The topological polar surface area (TPSA) is 54.6 Å². The molecule has 34 heavy (non-hydrogen) atoms. The van der Waals surface area contributed by atoms with Gasteiger partial charge in [0.25, 0.3) is 5.56 Å². The summed E-state index contributed by atoms with van der Waals surface area (Å²) in [5.74, 6) is 0.131. The predicted octanol–water partition coefficient (Wildman–Crippen LogP) is 5.55. The standard InChI is InChI=1S/C27H18Br2N2O2S/c28-18-8-5-16(6-9-18)25-21-11-7-15-3-1-2-4-20(15)24(21)30-27-31(25)26(33)23(34-27)14-17-13-19(29)10-12-22(17)32/h1-6,8-10,12-14,25,32H,7,11H2. The quantitative estimate of drug-likeness (QED) is 0.331. The molecule has 1 atom stereocenters. The smallest absolute Gasteiger partial charge is 0.271 e. The van der Waals surface area contributed by atoms with Gasteiger partial charge in [-0.2, -0.15) is 0 Å². The number of phenols is 1. The largest absolute Gasteiger partial charge is 0.507 e. The molecule has 1 aromatic heterocycles. The minimum Gasteiger partial charge on any atom is -0.507 e. The lowest BCUT2D eigenvalue weighted by Crippen LogP contribution is -2.38. The van der Waals surface area contributed by atoms with Crippen LogP contribution < -0.4 is 14.9 Å². The van der Waals surface area contributed by atoms with Crippen LogP contribution >= 0.6 is 43.2 Å². The Hall–Kier alpha value is -2.74. The normalized spacial score (nSPS) is 17.1. The maximum absolute atomic E-state index is 13.7. The number of aryl methyl sites for hydroxylation is 1. The minimum absolute atomic E-state index is 0.0959. The van der Waals surface area contributed by atoms with Crippen molar-refractivity contribution in [1.82, 2.24) is 4.57 Å². The van der Waals surface area contributed by atoms with Crippen LogP contribution in [0, 0.1) is 0 Å². The van der Waals surface area contributed by atoms with Crippen molar-refractivity contribution in [2.24, 2.45) is 4.99 Å². The van der Waals surface area contributed by atoms with Crippen LogP contribution in [0.2, 0.25) is 0 Å². The van der Waals surface area contributed by atoms with Crippen LogP contribution in [0.3, 0.4) is 0 Å². The maximum Gasteiger partial charge on any atom is 0.271 e. The maximum atomic E-state index is 13.7. The molecule has 168 valence electrons. The number of hydrogen-bond acceptors (Lipinski definition) is 4. The molecule has 0 spiro atoms. The number of aromatic nitrogens is 1. The molecule has 6 rings (SSSR count). The summed E-state index contributed by atoms with van der Waals surface area (Å²) in [6.07, 6.45) is 3.53. The van der Waals surface area contributed by atoms with Gasteiger partial charge in [0, 0.05) is 20.1 Å². The van der Waals surface area contributed by atoms with E-state index >= 15 is 0 Å². The Bertz CT molecular complexity index is 1670. The molecule has 0 saturated carbocycles. The van der Waals surface area contributed by atoms with Crippen molar-refractivity contribution in [2.45, 2.75) is 18.9 Å². The van der Waals surface area contributed by atoms with Gasteiger partial charge in [-0.15, -0.1) is 0 Å². The molecule has 1 aliphatic heterocycles. The Labute approximate surface area is 216 Å². The monoisotopic (exact) mass is 592 g/mol. The lowest BCUT2D eigenvalue weighted by molar-refractivity contribution is 0.474. The molecule has 1 aliphatic carbocycles. The van der Waals surface area contributed by atoms with Gasteiger partial charge in [0.15, 0.2) is 4.80 Å². The van der Waals surface area contributed by atoms with Crippen LogP contribution in [0.4, 0.5) is 0 Å². The summed E-state index contributed by atoms with van der Waals surface area (Å²) < 4.78 is 4.20. The summed E-state index contributed by atoms with van der Waals surface area (Å²) in [6.45, 7) is 0. The van der Waals surface area contributed by atoms with Crippen LogP contribution in [-0.2, 0) is 6.42 Å². The highest BCUT2D eigenvalue weighted by molar-refractivity contribution is 9.10. The van der Waals surface area contributed by atoms with Crippen molar-refractivity contribution in [3.63, 3.8) is 0 Å². The molecular weight excluding hydrogens is 576 g/mol. The average Bonchev–Trinajstić information content (AvgIpc) is 3.15. The molecule has 0 bridgehead atoms. The van der Waals surface area contributed by atoms with Gasteiger partial charge >= 0.3 is 0 Å². The average molecular weight is 594 g/mol. The summed E-state index contributed by atoms with van der Waals surface area (Å²) in [5.41, 5.74) is 6.14. The van der Waals surface area contributed by atoms with Gasteiger partial charge in [0.1, 0.15) is 5.75 Å². The Morgan fingerprint density at radius 1 is 1.00 bits per heavy atom. The summed E-state index contributed by atoms with van der Waals surface area (Å²) >= 11 is 8.34. The number of allylic oxidation sites excluding steroid dienone is 1. The molecule has 0 radical (unpaired) electrons. The number of rotatable bonds is 2. The van der Waals surface area contributed by atoms with E-state index in [1.165, 1.54) is 22.5 Å². The number of benzene rings is 3. The second kappa shape index (κ2) is 8.48. The van der Waals surface area contributed by atoms with E-state index in [1.807, 2.05) is 22.8 Å². The summed E-state index contributed by atoms with van der Waals surface area (Å²) in [7, 11) is 0. The fourth-order valence-electron chi connectivity index (χ4n) is 4.75. The van der Waals surface area contributed by atoms with Gasteiger partial charge in [-0.1, -0.05) is 79.6 Å². The first-order valence-corrected chi connectivity index (χ1v) is 13.3. The number of fused-ring (bicyclic) bond motifs is 3. The number of nitrogens with zero attached hydrogens (tertiary/aromatic N) is 2. The van der Waals surface area contributed by atoms with Crippen molar-refractivity contribution < 1.29 is 5.11 Å². The fourth-order valence-corrected chi connectivity index (χ4v) is 6.38. The molecule has 1 N–H and O–H groups in total. The van der Waals surface area contributed by atoms with Gasteiger partial charge in [0.05, 0.1) is 16.3 Å². The molecule has 0 amide bonds. The van der Waals surface area contributed by atoms with E-state index in [-0.39, 0.29) is 17.4 Å². The number of aromatic hydroxyl groups is 1. The van der Waals surface area contributed by atoms with E-state index in [0.29, 0.717) is 14.9 Å². The zero-order valence-electron chi connectivity index (χ0n) is 17.8. The first-order chi connectivity index (χ1) is 16.5. The van der Waals surface area contributed by atoms with Crippen molar-refractivity contribution in [1.29, 1.82) is 0 Å². The number of phenolic OH excluding ortho intramolecular Hbond substituents is 1. The zero-order chi connectivity index (χ0) is 23.4. The van der Waals surface area contributed by atoms with Gasteiger partial charge < -0.3 is 5.11 Å². The molecule has 3 aromatic carbocycles. The lowest BCUT2D eigenvalue weighted by atomic mass is 9.83. The van der Waals surface area contributed by atoms with Crippen LogP contribution in [0.25, 0.3) is 11.8 Å². The van der Waals surface area contributed by atoms with Gasteiger partial charge in [-0.25, -0.2) is 4.99 Å². The van der Waals surface area contributed by atoms with Gasteiger partial charge in [-0.05, 0) is 65.9 Å². The highest BCUT2D eigenvalue weighted by Crippen LogP contribution is 2.41. The van der Waals surface area contributed by atoms with Crippen molar-refractivity contribution >= 4 is 55.0 Å². The third-order valence-corrected chi connectivity index (χ3v) is 8.34. The first kappa shape index (κ1) is 21.8. The van der Waals surface area contributed by atoms with Gasteiger partial charge in [-0.3, -0.25) is 9.36 Å². The third kappa shape index (κ3) is 3.63. The van der Waals surface area contributed by atoms with E-state index in [4.69, 9.17) is 4.99 Å². The number of thiazole rings is 1. The molecule has 2 heterocycles. The van der Waals surface area contributed by atoms with E-state index in [9.17, 15) is 9.90 Å². The molecule has 0 fully saturated rings. The Morgan fingerprint density at radius 3 is 2.59 bits per heavy atom. The van der Waals surface area contributed by atoms with Crippen LogP contribution in [0.5, 0.6) is 5.75 Å². The Morgan fingerprint density at radius 2 is 1.76 bits per heavy atom. The molecule has 0 saturated heterocycles. The molecular formula is C27H18Br2N2O2S. The first-order valence-electron chi connectivity index (χ1n) is 10.9. The highest BCUT2D eigenvalue weighted by Gasteiger charge is 2.32. The van der Waals surface area contributed by atoms with E-state index in [1.54, 1.807) is 24.3 Å². The zero-order valence-corrected chi connectivity index (χ0v) is 21.8. The predicted molar refractivity (Wildman–Crippen MR) is 143 cm³/mol. The summed E-state index contributed by atoms with van der Waals surface area (Å²) in [4.78, 5) is 19.4. The van der Waals surface area contributed by atoms with E-state index < -0.39 is 0 Å². The molecule has 7 heteroatoms. The minimum atomic E-state index is -0.217. The number of hydrogen-bond donors (Lipinski definition) is 1. The van der Waals surface area contributed by atoms with Gasteiger partial charge in [0.2, 0.25) is 0 Å². The molecule has 2 aliphatic rings. The summed E-state index contributed by atoms with van der Waals surface area (Å²) in [5, 5.41) is 10.3. The van der Waals surface area contributed by atoms with Crippen LogP contribution in [-0.4, -0.2) is 9.67 Å². The Balaban J connectivity index is 1.64. The SMILES string of the molecule is O=c1c(=Cc2cc(Br)ccc2O)sc2n1C(c1ccc(Br)cc1)C1=C(N=2)c2ccccc2CC1. The van der Waals surface area contributed by atoms with E-state index in [0.717, 1.165) is 38.6 Å². The third-order valence-electron chi connectivity index (χ3n) is 6.33. The van der Waals surface area contributed by atoms with Crippen molar-refractivity contribution in [2.75, 3.05) is 0 Å². The van der Waals surface area contributed by atoms with Crippen molar-refractivity contribution in [3.8, 4) is 5.75 Å². The summed E-state index contributed by atoms with van der Waals surface area (Å²) in [6, 6.07) is 21.6. The van der Waals surface area contributed by atoms with E-state index in [2.05, 4.69) is 62.2 Å². The lowest BCUT2D eigenvalue weighted by Gasteiger charge is -2.30. The number of halogens is 2. The second-order valence-corrected chi connectivity index (χ2v) is 11.2. The second-order valence-electron chi connectivity index (χ2n) is 8.37.